The molecule has 0 spiro atoms. The Morgan fingerprint density at radius 3 is 1.71 bits per heavy atom. The van der Waals surface area contributed by atoms with Gasteiger partial charge in [0, 0.05) is 0 Å². The largest absolute Gasteiger partial charge is 0.405 e. The first kappa shape index (κ1) is 13.5. The van der Waals surface area contributed by atoms with Gasteiger partial charge in [0.1, 0.15) is 0 Å². The Morgan fingerprint density at radius 2 is 1.21 bits per heavy atom. The molecule has 2 nitrogen and oxygen atoms in total. The zero-order valence-electron chi connectivity index (χ0n) is 9.38. The first-order chi connectivity index (χ1) is 6.91. The molecule has 0 heterocycles. The topological polar surface area (TPSA) is 52.0 Å². The van der Waals surface area contributed by atoms with Crippen LogP contribution in [0.25, 0.3) is 0 Å². The van der Waals surface area contributed by atoms with Crippen LogP contribution in [0.15, 0.2) is 12.3 Å². The molecule has 0 amide bonds. The highest BCUT2D eigenvalue weighted by molar-refractivity contribution is 4.74. The van der Waals surface area contributed by atoms with E-state index in [0.717, 1.165) is 13.0 Å². The lowest BCUT2D eigenvalue weighted by Gasteiger charge is -2.00. The van der Waals surface area contributed by atoms with Crippen molar-refractivity contribution in [3.05, 3.63) is 12.3 Å². The van der Waals surface area contributed by atoms with Crippen LogP contribution in [0.3, 0.4) is 0 Å². The molecule has 0 saturated heterocycles. The summed E-state index contributed by atoms with van der Waals surface area (Å²) in [7, 11) is 0. The van der Waals surface area contributed by atoms with Crippen LogP contribution in [-0.2, 0) is 0 Å². The van der Waals surface area contributed by atoms with Crippen LogP contribution in [-0.4, -0.2) is 6.54 Å². The van der Waals surface area contributed by atoms with Crippen LogP contribution in [0.5, 0.6) is 0 Å². The molecule has 0 fully saturated rings. The summed E-state index contributed by atoms with van der Waals surface area (Å²) in [6.07, 6.45) is 15.5. The summed E-state index contributed by atoms with van der Waals surface area (Å²) in [6.45, 7) is 0.853. The molecule has 2 heteroatoms. The molecule has 0 aliphatic heterocycles. The van der Waals surface area contributed by atoms with Gasteiger partial charge in [0.25, 0.3) is 0 Å². The summed E-state index contributed by atoms with van der Waals surface area (Å²) in [5.41, 5.74) is 10.7. The quantitative estimate of drug-likeness (QED) is 0.530. The molecule has 14 heavy (non-hydrogen) atoms. The third-order valence-corrected chi connectivity index (χ3v) is 2.46. The normalized spacial score (nSPS) is 11.2. The summed E-state index contributed by atoms with van der Waals surface area (Å²) < 4.78 is 0. The van der Waals surface area contributed by atoms with Gasteiger partial charge in [0.2, 0.25) is 0 Å². The van der Waals surface area contributed by atoms with Crippen LogP contribution in [0.4, 0.5) is 0 Å². The van der Waals surface area contributed by atoms with Crippen LogP contribution in [0.2, 0.25) is 0 Å². The van der Waals surface area contributed by atoms with Gasteiger partial charge in [0.05, 0.1) is 0 Å². The smallest absolute Gasteiger partial charge is 0.00773 e. The molecule has 0 aromatic heterocycles. The standard InChI is InChI=1S/C12H26N2/c13-11-9-7-5-3-1-2-4-6-8-10-12-14/h9,11H,1-8,10,12-14H2/b11-9+. The second-order valence-electron chi connectivity index (χ2n) is 3.83. The van der Waals surface area contributed by atoms with Crippen molar-refractivity contribution in [1.82, 2.24) is 0 Å². The van der Waals surface area contributed by atoms with Gasteiger partial charge in [-0.1, -0.05) is 44.6 Å². The van der Waals surface area contributed by atoms with Gasteiger partial charge in [-0.15, -0.1) is 0 Å². The lowest BCUT2D eigenvalue weighted by atomic mass is 10.1. The minimum absolute atomic E-state index is 0.853. The van der Waals surface area contributed by atoms with E-state index in [4.69, 9.17) is 11.5 Å². The zero-order chi connectivity index (χ0) is 10.5. The van der Waals surface area contributed by atoms with Crippen molar-refractivity contribution in [2.45, 2.75) is 57.8 Å². The summed E-state index contributed by atoms with van der Waals surface area (Å²) in [5, 5.41) is 0. The van der Waals surface area contributed by atoms with Crippen molar-refractivity contribution in [3.8, 4) is 0 Å². The first-order valence-corrected chi connectivity index (χ1v) is 5.98. The number of rotatable bonds is 10. The Labute approximate surface area is 88.7 Å². The summed E-state index contributed by atoms with van der Waals surface area (Å²) >= 11 is 0. The fourth-order valence-corrected chi connectivity index (χ4v) is 1.56. The van der Waals surface area contributed by atoms with Crippen LogP contribution >= 0.6 is 0 Å². The number of allylic oxidation sites excluding steroid dienone is 1. The van der Waals surface area contributed by atoms with Crippen molar-refractivity contribution < 1.29 is 0 Å². The first-order valence-electron chi connectivity index (χ1n) is 5.98. The molecular weight excluding hydrogens is 172 g/mol. The molecule has 4 N–H and O–H groups in total. The van der Waals surface area contributed by atoms with Gasteiger partial charge >= 0.3 is 0 Å². The summed E-state index contributed by atoms with van der Waals surface area (Å²) in [5.74, 6) is 0. The van der Waals surface area contributed by atoms with Crippen LogP contribution < -0.4 is 11.5 Å². The highest BCUT2D eigenvalue weighted by Crippen LogP contribution is 2.09. The third kappa shape index (κ3) is 11.5. The zero-order valence-corrected chi connectivity index (χ0v) is 9.38. The van der Waals surface area contributed by atoms with Gasteiger partial charge in [-0.3, -0.25) is 0 Å². The van der Waals surface area contributed by atoms with E-state index in [-0.39, 0.29) is 0 Å². The average Bonchev–Trinajstić information content (AvgIpc) is 2.21. The Morgan fingerprint density at radius 1 is 0.714 bits per heavy atom. The van der Waals surface area contributed by atoms with Crippen molar-refractivity contribution in [2.24, 2.45) is 11.5 Å². The highest BCUT2D eigenvalue weighted by atomic mass is 14.5. The molecule has 0 unspecified atom stereocenters. The van der Waals surface area contributed by atoms with Gasteiger partial charge in [-0.2, -0.15) is 0 Å². The van der Waals surface area contributed by atoms with E-state index in [1.807, 2.05) is 6.08 Å². The van der Waals surface area contributed by atoms with E-state index in [2.05, 4.69) is 0 Å². The third-order valence-electron chi connectivity index (χ3n) is 2.46. The molecule has 0 saturated carbocycles. The maximum Gasteiger partial charge on any atom is -0.00773 e. The summed E-state index contributed by atoms with van der Waals surface area (Å²) in [4.78, 5) is 0. The fourth-order valence-electron chi connectivity index (χ4n) is 1.56. The Balaban J connectivity index is 2.85. The van der Waals surface area contributed by atoms with Crippen LogP contribution in [0.1, 0.15) is 57.8 Å². The molecule has 0 aromatic rings. The Kier molecular flexibility index (Phi) is 12.1. The van der Waals surface area contributed by atoms with Gasteiger partial charge < -0.3 is 11.5 Å². The van der Waals surface area contributed by atoms with E-state index >= 15 is 0 Å². The number of hydrogen-bond donors (Lipinski definition) is 2. The lowest BCUT2D eigenvalue weighted by Crippen LogP contribution is -1.97. The Bertz CT molecular complexity index is 121. The van der Waals surface area contributed by atoms with Gasteiger partial charge in [-0.25, -0.2) is 0 Å². The van der Waals surface area contributed by atoms with E-state index in [1.165, 1.54) is 51.4 Å². The van der Waals surface area contributed by atoms with Crippen molar-refractivity contribution in [1.29, 1.82) is 0 Å². The van der Waals surface area contributed by atoms with Gasteiger partial charge in [-0.05, 0) is 32.0 Å². The lowest BCUT2D eigenvalue weighted by molar-refractivity contribution is 0.571. The van der Waals surface area contributed by atoms with Crippen molar-refractivity contribution in [3.63, 3.8) is 0 Å². The maximum absolute atomic E-state index is 5.42. The van der Waals surface area contributed by atoms with E-state index in [0.29, 0.717) is 0 Å². The maximum atomic E-state index is 5.42. The SMILES string of the molecule is N/C=C/CCCCCCCCCCN. The second kappa shape index (κ2) is 12.5. The molecule has 84 valence electrons. The number of nitrogens with two attached hydrogens (primary N) is 2. The average molecular weight is 198 g/mol. The van der Waals surface area contributed by atoms with Crippen molar-refractivity contribution in [2.75, 3.05) is 6.54 Å². The minimum atomic E-state index is 0.853. The van der Waals surface area contributed by atoms with E-state index in [9.17, 15) is 0 Å². The predicted molar refractivity (Wildman–Crippen MR) is 63.9 cm³/mol. The van der Waals surface area contributed by atoms with Crippen molar-refractivity contribution >= 4 is 0 Å². The number of unbranched alkanes of at least 4 members (excludes halogenated alkanes) is 8. The van der Waals surface area contributed by atoms with Crippen LogP contribution in [0, 0.1) is 0 Å². The summed E-state index contributed by atoms with van der Waals surface area (Å²) in [6, 6.07) is 0. The molecule has 0 atom stereocenters. The highest BCUT2D eigenvalue weighted by Gasteiger charge is 1.90. The van der Waals surface area contributed by atoms with E-state index < -0.39 is 0 Å². The molecule has 0 aromatic carbocycles. The molecule has 0 radical (unpaired) electrons. The molecular formula is C12H26N2. The number of hydrogen-bond acceptors (Lipinski definition) is 2. The molecule has 0 bridgehead atoms. The second-order valence-corrected chi connectivity index (χ2v) is 3.83. The Hall–Kier alpha value is -0.500. The molecule has 0 aliphatic rings. The fraction of sp³-hybridized carbons (Fsp3) is 0.833. The monoisotopic (exact) mass is 198 g/mol. The predicted octanol–water partition coefficient (Wildman–Crippen LogP) is 2.93. The minimum Gasteiger partial charge on any atom is -0.405 e. The van der Waals surface area contributed by atoms with E-state index in [1.54, 1.807) is 6.20 Å². The molecule has 0 rings (SSSR count). The molecule has 0 aliphatic carbocycles. The van der Waals surface area contributed by atoms with Gasteiger partial charge in [0.15, 0.2) is 0 Å².